The van der Waals surface area contributed by atoms with Gasteiger partial charge in [0, 0.05) is 12.1 Å². The standard InChI is InChI=1S/C13H17N3/c1-3-9-14-13-10(2)12(15-16-13)11-7-5-4-6-8-11/h4-8H,3,9H2,1-2H3,(H2,14,15,16). The van der Waals surface area contributed by atoms with Crippen LogP contribution in [0.15, 0.2) is 30.3 Å². The van der Waals surface area contributed by atoms with E-state index >= 15 is 0 Å². The summed E-state index contributed by atoms with van der Waals surface area (Å²) in [5.41, 5.74) is 3.45. The second kappa shape index (κ2) is 4.84. The van der Waals surface area contributed by atoms with Gasteiger partial charge in [0.25, 0.3) is 0 Å². The van der Waals surface area contributed by atoms with E-state index in [9.17, 15) is 0 Å². The fraction of sp³-hybridized carbons (Fsp3) is 0.308. The molecule has 0 bridgehead atoms. The van der Waals surface area contributed by atoms with Crippen LogP contribution in [-0.4, -0.2) is 16.7 Å². The Hall–Kier alpha value is -1.77. The number of hydrogen-bond acceptors (Lipinski definition) is 2. The molecule has 0 saturated carbocycles. The third-order valence-electron chi connectivity index (χ3n) is 2.61. The largest absolute Gasteiger partial charge is 0.368 e. The molecule has 2 aromatic rings. The summed E-state index contributed by atoms with van der Waals surface area (Å²) in [6, 6.07) is 10.3. The van der Waals surface area contributed by atoms with Crippen LogP contribution in [0.25, 0.3) is 11.3 Å². The number of nitrogens with zero attached hydrogens (tertiary/aromatic N) is 1. The SMILES string of the molecule is CCCNc1n[nH]c(-c2ccccc2)c1C. The Morgan fingerprint density at radius 3 is 2.69 bits per heavy atom. The minimum Gasteiger partial charge on any atom is -0.368 e. The average molecular weight is 215 g/mol. The lowest BCUT2D eigenvalue weighted by atomic mass is 10.1. The Morgan fingerprint density at radius 2 is 2.00 bits per heavy atom. The average Bonchev–Trinajstić information content (AvgIpc) is 2.69. The molecule has 1 aromatic carbocycles. The lowest BCUT2D eigenvalue weighted by Gasteiger charge is -2.02. The molecule has 1 heterocycles. The van der Waals surface area contributed by atoms with Crippen molar-refractivity contribution in [3.63, 3.8) is 0 Å². The van der Waals surface area contributed by atoms with Gasteiger partial charge in [-0.1, -0.05) is 37.3 Å². The van der Waals surface area contributed by atoms with E-state index in [0.717, 1.165) is 24.5 Å². The fourth-order valence-corrected chi connectivity index (χ4v) is 1.70. The van der Waals surface area contributed by atoms with Crippen molar-refractivity contribution in [3.8, 4) is 11.3 Å². The van der Waals surface area contributed by atoms with Crippen molar-refractivity contribution >= 4 is 5.82 Å². The van der Waals surface area contributed by atoms with Crippen LogP contribution in [0.2, 0.25) is 0 Å². The van der Waals surface area contributed by atoms with Crippen molar-refractivity contribution in [3.05, 3.63) is 35.9 Å². The van der Waals surface area contributed by atoms with Crippen LogP contribution in [0, 0.1) is 6.92 Å². The van der Waals surface area contributed by atoms with Crippen LogP contribution in [0.3, 0.4) is 0 Å². The molecule has 2 rings (SSSR count). The van der Waals surface area contributed by atoms with E-state index in [-0.39, 0.29) is 0 Å². The minimum atomic E-state index is 0.958. The minimum absolute atomic E-state index is 0.958. The van der Waals surface area contributed by atoms with Gasteiger partial charge < -0.3 is 5.32 Å². The predicted octanol–water partition coefficient (Wildman–Crippen LogP) is 3.21. The number of aromatic amines is 1. The zero-order valence-electron chi connectivity index (χ0n) is 9.75. The molecule has 0 fully saturated rings. The first-order valence-electron chi connectivity index (χ1n) is 5.67. The summed E-state index contributed by atoms with van der Waals surface area (Å²) in [7, 11) is 0. The number of H-pyrrole nitrogens is 1. The summed E-state index contributed by atoms with van der Waals surface area (Å²) in [6.45, 7) is 5.19. The molecule has 0 atom stereocenters. The van der Waals surface area contributed by atoms with Crippen molar-refractivity contribution in [1.29, 1.82) is 0 Å². The molecule has 0 aliphatic carbocycles. The molecule has 0 amide bonds. The topological polar surface area (TPSA) is 40.7 Å². The third-order valence-corrected chi connectivity index (χ3v) is 2.61. The second-order valence-corrected chi connectivity index (χ2v) is 3.87. The summed E-state index contributed by atoms with van der Waals surface area (Å²) in [6.07, 6.45) is 1.10. The fourth-order valence-electron chi connectivity index (χ4n) is 1.70. The Labute approximate surface area is 95.9 Å². The number of rotatable bonds is 4. The van der Waals surface area contributed by atoms with E-state index in [1.54, 1.807) is 0 Å². The van der Waals surface area contributed by atoms with Crippen molar-refractivity contribution in [1.82, 2.24) is 10.2 Å². The van der Waals surface area contributed by atoms with Gasteiger partial charge in [-0.3, -0.25) is 5.10 Å². The number of nitrogens with one attached hydrogen (secondary N) is 2. The Morgan fingerprint density at radius 1 is 1.25 bits per heavy atom. The second-order valence-electron chi connectivity index (χ2n) is 3.87. The van der Waals surface area contributed by atoms with E-state index in [4.69, 9.17) is 0 Å². The van der Waals surface area contributed by atoms with Gasteiger partial charge in [-0.05, 0) is 18.9 Å². The van der Waals surface area contributed by atoms with Crippen LogP contribution in [0.4, 0.5) is 5.82 Å². The first-order valence-corrected chi connectivity index (χ1v) is 5.67. The highest BCUT2D eigenvalue weighted by atomic mass is 15.2. The number of hydrogen-bond donors (Lipinski definition) is 2. The maximum atomic E-state index is 4.29. The van der Waals surface area contributed by atoms with Gasteiger partial charge >= 0.3 is 0 Å². The summed E-state index contributed by atoms with van der Waals surface area (Å²) in [4.78, 5) is 0. The molecular formula is C13H17N3. The van der Waals surface area contributed by atoms with Crippen molar-refractivity contribution in [2.24, 2.45) is 0 Å². The molecule has 0 unspecified atom stereocenters. The zero-order chi connectivity index (χ0) is 11.4. The maximum absolute atomic E-state index is 4.29. The normalized spacial score (nSPS) is 10.4. The zero-order valence-corrected chi connectivity index (χ0v) is 9.75. The van der Waals surface area contributed by atoms with Gasteiger partial charge in [0.15, 0.2) is 5.82 Å². The highest BCUT2D eigenvalue weighted by molar-refractivity contribution is 5.68. The van der Waals surface area contributed by atoms with Crippen LogP contribution < -0.4 is 5.32 Å². The Kier molecular flexibility index (Phi) is 3.25. The number of aromatic nitrogens is 2. The molecule has 2 N–H and O–H groups in total. The number of benzene rings is 1. The smallest absolute Gasteiger partial charge is 0.151 e. The molecular weight excluding hydrogens is 198 g/mol. The molecule has 0 radical (unpaired) electrons. The quantitative estimate of drug-likeness (QED) is 0.822. The van der Waals surface area contributed by atoms with E-state index in [2.05, 4.69) is 41.5 Å². The molecule has 1 aromatic heterocycles. The van der Waals surface area contributed by atoms with E-state index in [1.807, 2.05) is 18.2 Å². The van der Waals surface area contributed by atoms with Crippen molar-refractivity contribution in [2.45, 2.75) is 20.3 Å². The van der Waals surface area contributed by atoms with Crippen LogP contribution >= 0.6 is 0 Å². The summed E-state index contributed by atoms with van der Waals surface area (Å²) >= 11 is 0. The first kappa shape index (κ1) is 10.7. The molecule has 0 aliphatic heterocycles. The summed E-state index contributed by atoms with van der Waals surface area (Å²) < 4.78 is 0. The molecule has 3 heteroatoms. The number of anilines is 1. The molecule has 0 saturated heterocycles. The van der Waals surface area contributed by atoms with E-state index in [0.29, 0.717) is 0 Å². The van der Waals surface area contributed by atoms with E-state index in [1.165, 1.54) is 11.1 Å². The molecule has 16 heavy (non-hydrogen) atoms. The van der Waals surface area contributed by atoms with Gasteiger partial charge in [0.2, 0.25) is 0 Å². The summed E-state index contributed by atoms with van der Waals surface area (Å²) in [5, 5.41) is 10.7. The first-order chi connectivity index (χ1) is 7.83. The summed E-state index contributed by atoms with van der Waals surface area (Å²) in [5.74, 6) is 0.959. The van der Waals surface area contributed by atoms with Crippen LogP contribution in [-0.2, 0) is 0 Å². The van der Waals surface area contributed by atoms with Gasteiger partial charge in [0.05, 0.1) is 5.69 Å². The highest BCUT2D eigenvalue weighted by Crippen LogP contribution is 2.25. The van der Waals surface area contributed by atoms with Crippen molar-refractivity contribution in [2.75, 3.05) is 11.9 Å². The Bertz CT molecular complexity index is 445. The molecule has 84 valence electrons. The molecule has 0 spiro atoms. The van der Waals surface area contributed by atoms with Gasteiger partial charge in [-0.25, -0.2) is 0 Å². The predicted molar refractivity (Wildman–Crippen MR) is 67.5 cm³/mol. The van der Waals surface area contributed by atoms with Crippen LogP contribution in [0.5, 0.6) is 0 Å². The lowest BCUT2D eigenvalue weighted by Crippen LogP contribution is -2.00. The van der Waals surface area contributed by atoms with Gasteiger partial charge in [-0.15, -0.1) is 0 Å². The van der Waals surface area contributed by atoms with Crippen molar-refractivity contribution < 1.29 is 0 Å². The van der Waals surface area contributed by atoms with Gasteiger partial charge in [0.1, 0.15) is 0 Å². The Balaban J connectivity index is 2.27. The lowest BCUT2D eigenvalue weighted by molar-refractivity contribution is 0.959. The third kappa shape index (κ3) is 2.08. The van der Waals surface area contributed by atoms with Gasteiger partial charge in [-0.2, -0.15) is 5.10 Å². The van der Waals surface area contributed by atoms with Crippen LogP contribution in [0.1, 0.15) is 18.9 Å². The van der Waals surface area contributed by atoms with E-state index < -0.39 is 0 Å². The maximum Gasteiger partial charge on any atom is 0.151 e. The monoisotopic (exact) mass is 215 g/mol. The molecule has 3 nitrogen and oxygen atoms in total. The molecule has 0 aliphatic rings. The highest BCUT2D eigenvalue weighted by Gasteiger charge is 2.09.